The van der Waals surface area contributed by atoms with Gasteiger partial charge in [-0.15, -0.1) is 0 Å². The Balaban J connectivity index is 1.65. The number of para-hydroxylation sites is 1. The Labute approximate surface area is 214 Å². The van der Waals surface area contributed by atoms with Crippen molar-refractivity contribution in [3.05, 3.63) is 60.2 Å². The van der Waals surface area contributed by atoms with Crippen molar-refractivity contribution >= 4 is 39.5 Å². The van der Waals surface area contributed by atoms with E-state index < -0.39 is 52.5 Å². The van der Waals surface area contributed by atoms with Gasteiger partial charge in [-0.3, -0.25) is 9.59 Å². The van der Waals surface area contributed by atoms with Gasteiger partial charge in [0.1, 0.15) is 17.0 Å². The summed E-state index contributed by atoms with van der Waals surface area (Å²) in [7, 11) is -4.19. The molecule has 37 heavy (non-hydrogen) atoms. The van der Waals surface area contributed by atoms with Gasteiger partial charge < -0.3 is 26.4 Å². The van der Waals surface area contributed by atoms with Crippen LogP contribution < -0.4 is 21.3 Å². The highest BCUT2D eigenvalue weighted by molar-refractivity contribution is 7.89. The number of urea groups is 1. The fourth-order valence-corrected chi connectivity index (χ4v) is 5.71. The normalized spacial score (nSPS) is 16.4. The number of amides is 4. The lowest BCUT2D eigenvalue weighted by atomic mass is 10.2. The molecule has 2 unspecified atom stereocenters. The Hall–Kier alpha value is -3.97. The van der Waals surface area contributed by atoms with E-state index in [2.05, 4.69) is 21.3 Å². The summed E-state index contributed by atoms with van der Waals surface area (Å²) in [5.41, 5.74) is 0.929. The molecule has 2 atom stereocenters. The lowest BCUT2D eigenvalue weighted by molar-refractivity contribution is -0.142. The molecule has 5 N–H and O–H groups in total. The van der Waals surface area contributed by atoms with Crippen molar-refractivity contribution < 1.29 is 32.7 Å². The fourth-order valence-electron chi connectivity index (χ4n) is 3.90. The van der Waals surface area contributed by atoms with Gasteiger partial charge in [-0.25, -0.2) is 18.0 Å². The molecule has 1 aliphatic rings. The largest absolute Gasteiger partial charge is 0.480 e. The lowest BCUT2D eigenvalue weighted by Gasteiger charge is -2.26. The summed E-state index contributed by atoms with van der Waals surface area (Å²) in [5, 5.41) is 19.4. The van der Waals surface area contributed by atoms with Crippen LogP contribution in [-0.2, 0) is 31.0 Å². The number of nitrogens with zero attached hydrogens (tertiary/aromatic N) is 1. The van der Waals surface area contributed by atoms with Gasteiger partial charge in [0.15, 0.2) is 0 Å². The van der Waals surface area contributed by atoms with E-state index in [1.807, 2.05) is 30.3 Å². The van der Waals surface area contributed by atoms with Gasteiger partial charge in [0.05, 0.1) is 12.2 Å². The topological polar surface area (TPSA) is 174 Å². The molecular weight excluding hydrogens is 502 g/mol. The summed E-state index contributed by atoms with van der Waals surface area (Å²) in [4.78, 5) is 48.2. The summed E-state index contributed by atoms with van der Waals surface area (Å²) in [5.74, 6) is -2.64. The second kappa shape index (κ2) is 12.3. The lowest BCUT2D eigenvalue weighted by Crippen LogP contribution is -2.54. The Bertz CT molecular complexity index is 1250. The molecule has 0 spiro atoms. The van der Waals surface area contributed by atoms with E-state index in [1.165, 1.54) is 25.1 Å². The van der Waals surface area contributed by atoms with E-state index in [0.717, 1.165) is 9.87 Å². The van der Waals surface area contributed by atoms with Gasteiger partial charge in [-0.2, -0.15) is 4.31 Å². The smallest absolute Gasteiger partial charge is 0.328 e. The minimum absolute atomic E-state index is 0.0483. The number of hydrogen-bond acceptors (Lipinski definition) is 6. The van der Waals surface area contributed by atoms with Crippen LogP contribution in [0.3, 0.4) is 0 Å². The Morgan fingerprint density at radius 1 is 1.03 bits per heavy atom. The third-order valence-corrected chi connectivity index (χ3v) is 7.63. The van der Waals surface area contributed by atoms with E-state index >= 15 is 0 Å². The fraction of sp³-hybridized carbons (Fsp3) is 0.333. The number of rotatable bonds is 10. The first-order valence-corrected chi connectivity index (χ1v) is 13.0. The minimum Gasteiger partial charge on any atom is -0.480 e. The number of benzene rings is 2. The highest BCUT2D eigenvalue weighted by Gasteiger charge is 2.41. The Morgan fingerprint density at radius 3 is 2.38 bits per heavy atom. The summed E-state index contributed by atoms with van der Waals surface area (Å²) in [6, 6.07) is 11.7. The molecule has 1 heterocycles. The van der Waals surface area contributed by atoms with Crippen molar-refractivity contribution in [3.63, 3.8) is 0 Å². The molecule has 4 amide bonds. The molecule has 1 saturated heterocycles. The summed E-state index contributed by atoms with van der Waals surface area (Å²) in [6.07, 6.45) is 0.572. The van der Waals surface area contributed by atoms with Crippen molar-refractivity contribution in [3.8, 4) is 0 Å². The third-order valence-electron chi connectivity index (χ3n) is 5.67. The van der Waals surface area contributed by atoms with Crippen molar-refractivity contribution in [2.75, 3.05) is 18.4 Å². The molecule has 198 valence electrons. The van der Waals surface area contributed by atoms with E-state index in [4.69, 9.17) is 0 Å². The average molecular weight is 532 g/mol. The summed E-state index contributed by atoms with van der Waals surface area (Å²) >= 11 is 0. The molecule has 0 aromatic heterocycles. The molecule has 2 aromatic carbocycles. The number of nitrogens with one attached hydrogen (secondary N) is 4. The van der Waals surface area contributed by atoms with Crippen LogP contribution in [0.5, 0.6) is 0 Å². The molecule has 0 radical (unpaired) electrons. The van der Waals surface area contributed by atoms with Gasteiger partial charge in [0.2, 0.25) is 21.8 Å². The second-order valence-electron chi connectivity index (χ2n) is 8.40. The van der Waals surface area contributed by atoms with Gasteiger partial charge in [0, 0.05) is 20.0 Å². The third kappa shape index (κ3) is 7.27. The van der Waals surface area contributed by atoms with Crippen LogP contribution in [0.25, 0.3) is 0 Å². The number of carbonyl (C=O) groups is 4. The molecule has 3 rings (SSSR count). The van der Waals surface area contributed by atoms with Gasteiger partial charge in [0.25, 0.3) is 0 Å². The molecule has 13 heteroatoms. The van der Waals surface area contributed by atoms with Crippen LogP contribution in [0.15, 0.2) is 59.5 Å². The van der Waals surface area contributed by atoms with Crippen molar-refractivity contribution in [1.29, 1.82) is 0 Å². The average Bonchev–Trinajstić information content (AvgIpc) is 3.37. The number of hydrogen-bond donors (Lipinski definition) is 5. The summed E-state index contributed by atoms with van der Waals surface area (Å²) in [6.45, 7) is 1.11. The molecule has 0 bridgehead atoms. The van der Waals surface area contributed by atoms with E-state index in [-0.39, 0.29) is 30.1 Å². The number of aliphatic carboxylic acids is 1. The molecule has 1 aliphatic heterocycles. The number of carboxylic acids is 1. The SMILES string of the molecule is CC(=O)Nc1ccccc1S(=O)(=O)N1CCCC1C(=O)NC(CNC(=O)NCc1ccccc1)C(=O)O. The molecular formula is C24H29N5O7S. The number of anilines is 1. The highest BCUT2D eigenvalue weighted by atomic mass is 32.2. The number of carbonyl (C=O) groups excluding carboxylic acids is 3. The quantitative estimate of drug-likeness (QED) is 0.302. The molecule has 1 fully saturated rings. The first kappa shape index (κ1) is 27.6. The maximum atomic E-state index is 13.4. The summed E-state index contributed by atoms with van der Waals surface area (Å²) < 4.78 is 27.8. The molecule has 12 nitrogen and oxygen atoms in total. The van der Waals surface area contributed by atoms with Crippen LogP contribution >= 0.6 is 0 Å². The predicted octanol–water partition coefficient (Wildman–Crippen LogP) is 0.867. The minimum atomic E-state index is -4.19. The Kier molecular flexibility index (Phi) is 9.20. The van der Waals surface area contributed by atoms with E-state index in [9.17, 15) is 32.7 Å². The van der Waals surface area contributed by atoms with Crippen molar-refractivity contribution in [2.24, 2.45) is 0 Å². The van der Waals surface area contributed by atoms with Gasteiger partial charge in [-0.05, 0) is 30.5 Å². The molecule has 0 saturated carbocycles. The molecule has 2 aromatic rings. The van der Waals surface area contributed by atoms with Gasteiger partial charge >= 0.3 is 12.0 Å². The van der Waals surface area contributed by atoms with Crippen LogP contribution in [0.4, 0.5) is 10.5 Å². The number of carboxylic acid groups (broad SMARTS) is 1. The van der Waals surface area contributed by atoms with Crippen LogP contribution in [-0.4, -0.2) is 66.8 Å². The first-order chi connectivity index (χ1) is 17.6. The van der Waals surface area contributed by atoms with E-state index in [0.29, 0.717) is 6.42 Å². The second-order valence-corrected chi connectivity index (χ2v) is 10.3. The van der Waals surface area contributed by atoms with Crippen LogP contribution in [0.1, 0.15) is 25.3 Å². The zero-order valence-electron chi connectivity index (χ0n) is 20.1. The monoisotopic (exact) mass is 531 g/mol. The van der Waals surface area contributed by atoms with Crippen LogP contribution in [0, 0.1) is 0 Å². The predicted molar refractivity (Wildman–Crippen MR) is 134 cm³/mol. The number of sulfonamides is 1. The highest BCUT2D eigenvalue weighted by Crippen LogP contribution is 2.30. The maximum absolute atomic E-state index is 13.4. The molecule has 0 aliphatic carbocycles. The Morgan fingerprint density at radius 2 is 1.70 bits per heavy atom. The van der Waals surface area contributed by atoms with E-state index in [1.54, 1.807) is 6.07 Å². The van der Waals surface area contributed by atoms with Gasteiger partial charge in [-0.1, -0.05) is 42.5 Å². The maximum Gasteiger partial charge on any atom is 0.328 e. The zero-order valence-corrected chi connectivity index (χ0v) is 21.0. The first-order valence-electron chi connectivity index (χ1n) is 11.6. The zero-order chi connectivity index (χ0) is 27.0. The standard InChI is InChI=1S/C24H29N5O7S/c1-16(30)27-18-10-5-6-12-21(18)37(35,36)29-13-7-11-20(29)22(31)28-19(23(32)33)15-26-24(34)25-14-17-8-3-2-4-9-17/h2-6,8-10,12,19-20H,7,11,13-15H2,1H3,(H,27,30)(H,28,31)(H,32,33)(H2,25,26,34). The van der Waals surface area contributed by atoms with Crippen LogP contribution in [0.2, 0.25) is 0 Å². The van der Waals surface area contributed by atoms with Crippen molar-refractivity contribution in [2.45, 2.75) is 43.3 Å². The van der Waals surface area contributed by atoms with Crippen molar-refractivity contribution in [1.82, 2.24) is 20.3 Å².